The minimum atomic E-state index is -0.279. The fraction of sp³-hybridized carbons (Fsp3) is 0.333. The highest BCUT2D eigenvalue weighted by atomic mass is 16.5. The number of nitrogens with one attached hydrogen (secondary N) is 1. The molecule has 0 radical (unpaired) electrons. The monoisotopic (exact) mass is 543 g/mol. The van der Waals surface area contributed by atoms with Crippen molar-refractivity contribution in [3.8, 4) is 11.5 Å². The van der Waals surface area contributed by atoms with Gasteiger partial charge >= 0.3 is 0 Å². The molecule has 1 aromatic heterocycles. The molecule has 1 N–H and O–H groups in total. The maximum atomic E-state index is 13.2. The van der Waals surface area contributed by atoms with Gasteiger partial charge in [-0.2, -0.15) is 0 Å². The van der Waals surface area contributed by atoms with Crippen molar-refractivity contribution in [2.24, 2.45) is 0 Å². The van der Waals surface area contributed by atoms with Gasteiger partial charge in [0.2, 0.25) is 11.6 Å². The predicted octanol–water partition coefficient (Wildman–Crippen LogP) is 3.20. The molecule has 0 amide bonds. The van der Waals surface area contributed by atoms with Crippen LogP contribution in [0.25, 0.3) is 10.9 Å². The largest absolute Gasteiger partial charge is 0.493 e. The number of rotatable bonds is 10. The Balaban J connectivity index is 1.28. The summed E-state index contributed by atoms with van der Waals surface area (Å²) in [6, 6.07) is 13.9. The van der Waals surface area contributed by atoms with Gasteiger partial charge in [-0.25, -0.2) is 9.97 Å². The standard InChI is InChI=1S/C30H33N5O5/c1-38-13-14-40-29-17-23-22(15-28(29)39-2)30(32-20-31-23)33-24-16-27(37)25(18-26(24)36)35-10-6-9-34(11-12-35)19-21-7-4-3-5-8-21/h3-5,7-8,15-18,20H,6,9-14,19H2,1-2H3,(H,31,32,33). The van der Waals surface area contributed by atoms with Crippen LogP contribution in [0.15, 0.2) is 72.3 Å². The molecule has 10 nitrogen and oxygen atoms in total. The number of aromatic nitrogens is 2. The molecule has 0 unspecified atom stereocenters. The van der Waals surface area contributed by atoms with Crippen LogP contribution >= 0.6 is 0 Å². The number of anilines is 1. The van der Waals surface area contributed by atoms with Crippen LogP contribution in [0.3, 0.4) is 0 Å². The van der Waals surface area contributed by atoms with E-state index >= 15 is 0 Å². The molecule has 2 aromatic carbocycles. The smallest absolute Gasteiger partial charge is 0.204 e. The summed E-state index contributed by atoms with van der Waals surface area (Å²) in [5.74, 6) is 0.919. The first-order valence-electron chi connectivity index (χ1n) is 13.3. The third-order valence-electron chi connectivity index (χ3n) is 6.96. The highest BCUT2D eigenvalue weighted by Crippen LogP contribution is 2.34. The fourth-order valence-electron chi connectivity index (χ4n) is 4.90. The molecule has 1 aliphatic heterocycles. The van der Waals surface area contributed by atoms with Crippen LogP contribution < -0.4 is 14.8 Å². The molecular weight excluding hydrogens is 510 g/mol. The molecule has 10 heteroatoms. The van der Waals surface area contributed by atoms with Crippen LogP contribution in [-0.4, -0.2) is 84.9 Å². The predicted molar refractivity (Wildman–Crippen MR) is 151 cm³/mol. The van der Waals surface area contributed by atoms with Gasteiger partial charge in [-0.3, -0.25) is 14.5 Å². The zero-order chi connectivity index (χ0) is 27.9. The number of hydrogen-bond acceptors (Lipinski definition) is 10. The Kier molecular flexibility index (Phi) is 8.68. The van der Waals surface area contributed by atoms with Gasteiger partial charge in [0.05, 0.1) is 30.6 Å². The van der Waals surface area contributed by atoms with Crippen molar-refractivity contribution in [1.82, 2.24) is 19.8 Å². The van der Waals surface area contributed by atoms with Gasteiger partial charge in [0.1, 0.15) is 18.8 Å². The van der Waals surface area contributed by atoms with Gasteiger partial charge in [0.15, 0.2) is 11.5 Å². The van der Waals surface area contributed by atoms with Gasteiger partial charge in [0.25, 0.3) is 0 Å². The SMILES string of the molecule is COCCOc1cc2ncnc(NC3=CC(=O)C(N4CCCN(Cc5ccccc5)CC4)=CC3=O)c2cc1OC. The van der Waals surface area contributed by atoms with E-state index in [1.54, 1.807) is 26.4 Å². The molecule has 5 rings (SSSR count). The lowest BCUT2D eigenvalue weighted by Crippen LogP contribution is -2.34. The Labute approximate surface area is 233 Å². The van der Waals surface area contributed by atoms with E-state index < -0.39 is 0 Å². The third-order valence-corrected chi connectivity index (χ3v) is 6.96. The van der Waals surface area contributed by atoms with Crippen molar-refractivity contribution in [2.45, 2.75) is 13.0 Å². The van der Waals surface area contributed by atoms with Crippen LogP contribution in [0.5, 0.6) is 11.5 Å². The van der Waals surface area contributed by atoms with Crippen molar-refractivity contribution in [1.29, 1.82) is 0 Å². The number of nitrogens with zero attached hydrogens (tertiary/aromatic N) is 4. The van der Waals surface area contributed by atoms with E-state index in [1.165, 1.54) is 24.0 Å². The molecule has 1 saturated heterocycles. The van der Waals surface area contributed by atoms with Gasteiger partial charge in [0, 0.05) is 63.4 Å². The van der Waals surface area contributed by atoms with Gasteiger partial charge in [-0.1, -0.05) is 30.3 Å². The normalized spacial score (nSPS) is 16.4. The molecule has 0 bridgehead atoms. The maximum Gasteiger partial charge on any atom is 0.204 e. The highest BCUT2D eigenvalue weighted by Gasteiger charge is 2.27. The third kappa shape index (κ3) is 6.30. The van der Waals surface area contributed by atoms with Crippen LogP contribution in [0, 0.1) is 0 Å². The fourth-order valence-corrected chi connectivity index (χ4v) is 4.90. The number of methoxy groups -OCH3 is 2. The summed E-state index contributed by atoms with van der Waals surface area (Å²) in [5, 5.41) is 3.67. The molecule has 2 heterocycles. The second-order valence-corrected chi connectivity index (χ2v) is 9.63. The zero-order valence-electron chi connectivity index (χ0n) is 22.8. The molecule has 3 aromatic rings. The van der Waals surface area contributed by atoms with E-state index in [2.05, 4.69) is 32.3 Å². The minimum Gasteiger partial charge on any atom is -0.493 e. The summed E-state index contributed by atoms with van der Waals surface area (Å²) in [6.45, 7) is 4.81. The van der Waals surface area contributed by atoms with Crippen molar-refractivity contribution in [2.75, 3.05) is 58.9 Å². The number of ketones is 2. The Morgan fingerprint density at radius 3 is 2.55 bits per heavy atom. The first-order valence-corrected chi connectivity index (χ1v) is 13.3. The van der Waals surface area contributed by atoms with Crippen LogP contribution in [0.2, 0.25) is 0 Å². The van der Waals surface area contributed by atoms with E-state index in [0.717, 1.165) is 32.6 Å². The summed E-state index contributed by atoms with van der Waals surface area (Å²) in [7, 11) is 3.15. The molecule has 0 spiro atoms. The van der Waals surface area contributed by atoms with Crippen LogP contribution in [0.1, 0.15) is 12.0 Å². The first kappa shape index (κ1) is 27.3. The van der Waals surface area contributed by atoms with Crippen molar-refractivity contribution < 1.29 is 23.8 Å². The van der Waals surface area contributed by atoms with Gasteiger partial charge < -0.3 is 24.4 Å². The summed E-state index contributed by atoms with van der Waals surface area (Å²) in [4.78, 5) is 39.4. The number of fused-ring (bicyclic) bond motifs is 1. The van der Waals surface area contributed by atoms with Crippen molar-refractivity contribution in [3.05, 3.63) is 77.9 Å². The topological polar surface area (TPSA) is 106 Å². The van der Waals surface area contributed by atoms with Gasteiger partial charge in [-0.15, -0.1) is 0 Å². The second-order valence-electron chi connectivity index (χ2n) is 9.63. The first-order chi connectivity index (χ1) is 19.6. The number of hydrogen-bond donors (Lipinski definition) is 1. The molecule has 2 aliphatic rings. The Bertz CT molecular complexity index is 1440. The molecule has 1 fully saturated rings. The van der Waals surface area contributed by atoms with E-state index in [0.29, 0.717) is 53.7 Å². The average molecular weight is 544 g/mol. The molecule has 0 saturated carbocycles. The number of allylic oxidation sites excluding steroid dienone is 2. The second kappa shape index (κ2) is 12.7. The van der Waals surface area contributed by atoms with Crippen LogP contribution in [-0.2, 0) is 20.9 Å². The van der Waals surface area contributed by atoms with E-state index in [4.69, 9.17) is 14.2 Å². The maximum absolute atomic E-state index is 13.2. The zero-order valence-corrected chi connectivity index (χ0v) is 22.8. The lowest BCUT2D eigenvalue weighted by molar-refractivity contribution is -0.116. The Hall–Kier alpha value is -4.28. The quantitative estimate of drug-likeness (QED) is 0.303. The minimum absolute atomic E-state index is 0.161. The van der Waals surface area contributed by atoms with E-state index in [9.17, 15) is 9.59 Å². The molecule has 40 heavy (non-hydrogen) atoms. The lowest BCUT2D eigenvalue weighted by atomic mass is 10.0. The summed E-state index contributed by atoms with van der Waals surface area (Å²) >= 11 is 0. The molecule has 208 valence electrons. The van der Waals surface area contributed by atoms with Crippen molar-refractivity contribution in [3.63, 3.8) is 0 Å². The summed E-state index contributed by atoms with van der Waals surface area (Å²) in [6.07, 6.45) is 5.10. The van der Waals surface area contributed by atoms with Gasteiger partial charge in [-0.05, 0) is 18.1 Å². The highest BCUT2D eigenvalue weighted by molar-refractivity contribution is 6.21. The molecular formula is C30H33N5O5. The Morgan fingerprint density at radius 2 is 1.75 bits per heavy atom. The average Bonchev–Trinajstić information content (AvgIpc) is 3.20. The number of benzene rings is 2. The van der Waals surface area contributed by atoms with E-state index in [1.807, 2.05) is 23.1 Å². The molecule has 0 atom stereocenters. The lowest BCUT2D eigenvalue weighted by Gasteiger charge is -2.26. The molecule has 1 aliphatic carbocycles. The number of carbonyl (C=O) groups is 2. The number of ether oxygens (including phenoxy) is 3. The summed E-state index contributed by atoms with van der Waals surface area (Å²) < 4.78 is 16.3. The number of carbonyl (C=O) groups excluding carboxylic acids is 2. The summed E-state index contributed by atoms with van der Waals surface area (Å²) in [5.41, 5.74) is 2.46. The van der Waals surface area contributed by atoms with Crippen LogP contribution in [0.4, 0.5) is 5.82 Å². The van der Waals surface area contributed by atoms with E-state index in [-0.39, 0.29) is 17.3 Å². The van der Waals surface area contributed by atoms with Crippen molar-refractivity contribution >= 4 is 28.3 Å². The Morgan fingerprint density at radius 1 is 0.900 bits per heavy atom.